The average molecular weight is 249 g/mol. The summed E-state index contributed by atoms with van der Waals surface area (Å²) in [5.41, 5.74) is -0.403. The Morgan fingerprint density at radius 3 is 2.19 bits per heavy atom. The molecule has 1 unspecified atom stereocenters. The van der Waals surface area contributed by atoms with Crippen LogP contribution >= 0.6 is 11.9 Å². The van der Waals surface area contributed by atoms with E-state index in [1.807, 2.05) is 6.92 Å². The minimum Gasteiger partial charge on any atom is -0.469 e. The second-order valence-corrected chi connectivity index (χ2v) is 6.70. The van der Waals surface area contributed by atoms with E-state index in [2.05, 4.69) is 30.2 Å². The van der Waals surface area contributed by atoms with E-state index in [0.29, 0.717) is 13.0 Å². The van der Waals surface area contributed by atoms with Crippen molar-refractivity contribution in [3.8, 4) is 0 Å². The van der Waals surface area contributed by atoms with Gasteiger partial charge in [-0.2, -0.15) is 0 Å². The predicted octanol–water partition coefficient (Wildman–Crippen LogP) is 1.99. The summed E-state index contributed by atoms with van der Waals surface area (Å²) in [6, 6.07) is 0. The number of carbonyl (C=O) groups excluding carboxylic acids is 1. The zero-order valence-electron chi connectivity index (χ0n) is 11.0. The summed E-state index contributed by atoms with van der Waals surface area (Å²) in [7, 11) is 3.02. The molecular weight excluding hydrogens is 226 g/mol. The van der Waals surface area contributed by atoms with Crippen LogP contribution in [-0.4, -0.2) is 37.1 Å². The number of carbonyl (C=O) groups is 1. The van der Waals surface area contributed by atoms with Crippen molar-refractivity contribution < 1.29 is 14.3 Å². The highest BCUT2D eigenvalue weighted by molar-refractivity contribution is 7.98. The van der Waals surface area contributed by atoms with Crippen LogP contribution in [-0.2, 0) is 14.3 Å². The van der Waals surface area contributed by atoms with Gasteiger partial charge in [-0.15, -0.1) is 0 Å². The van der Waals surface area contributed by atoms with Crippen LogP contribution in [0.4, 0.5) is 0 Å². The molecule has 0 radical (unpaired) electrons. The molecule has 0 spiro atoms. The number of ether oxygens (including phenoxy) is 2. The lowest BCUT2D eigenvalue weighted by Gasteiger charge is -2.31. The molecule has 1 atom stereocenters. The molecule has 96 valence electrons. The molecule has 5 heteroatoms. The van der Waals surface area contributed by atoms with Gasteiger partial charge in [0.25, 0.3) is 0 Å². The molecule has 0 amide bonds. The first-order valence-electron chi connectivity index (χ1n) is 5.23. The van der Waals surface area contributed by atoms with E-state index in [-0.39, 0.29) is 10.7 Å². The summed E-state index contributed by atoms with van der Waals surface area (Å²) in [5.74, 6) is -0.235. The molecule has 4 nitrogen and oxygen atoms in total. The Morgan fingerprint density at radius 1 is 1.25 bits per heavy atom. The number of hydrogen-bond donors (Lipinski definition) is 1. The Kier molecular flexibility index (Phi) is 6.36. The van der Waals surface area contributed by atoms with Gasteiger partial charge in [-0.05, 0) is 27.7 Å². The second kappa shape index (κ2) is 6.47. The maximum atomic E-state index is 11.3. The van der Waals surface area contributed by atoms with Crippen LogP contribution in [0.2, 0.25) is 0 Å². The lowest BCUT2D eigenvalue weighted by Crippen LogP contribution is -2.46. The van der Waals surface area contributed by atoms with Crippen LogP contribution in [0.25, 0.3) is 0 Å². The first kappa shape index (κ1) is 15.7. The monoisotopic (exact) mass is 249 g/mol. The largest absolute Gasteiger partial charge is 0.469 e. The second-order valence-electron chi connectivity index (χ2n) is 5.06. The standard InChI is InChI=1S/C11H23NO3S/c1-10(2,3)16-12-11(4,8-14-5)7-9(13)15-6/h12H,7-8H2,1-6H3. The van der Waals surface area contributed by atoms with Crippen molar-refractivity contribution >= 4 is 17.9 Å². The molecule has 1 N–H and O–H groups in total. The highest BCUT2D eigenvalue weighted by Gasteiger charge is 2.29. The van der Waals surface area contributed by atoms with Crippen molar-refractivity contribution in [3.05, 3.63) is 0 Å². The van der Waals surface area contributed by atoms with Gasteiger partial charge in [-0.1, -0.05) is 11.9 Å². The number of hydrogen-bond acceptors (Lipinski definition) is 5. The van der Waals surface area contributed by atoms with Crippen molar-refractivity contribution in [2.75, 3.05) is 20.8 Å². The number of nitrogens with one attached hydrogen (secondary N) is 1. The van der Waals surface area contributed by atoms with Gasteiger partial charge in [0.2, 0.25) is 0 Å². The molecule has 0 saturated carbocycles. The van der Waals surface area contributed by atoms with Crippen molar-refractivity contribution in [2.24, 2.45) is 0 Å². The molecule has 0 aliphatic carbocycles. The van der Waals surface area contributed by atoms with Gasteiger partial charge < -0.3 is 9.47 Å². The summed E-state index contributed by atoms with van der Waals surface area (Å²) < 4.78 is 13.2. The summed E-state index contributed by atoms with van der Waals surface area (Å²) in [6.45, 7) is 8.74. The van der Waals surface area contributed by atoms with E-state index in [1.54, 1.807) is 19.1 Å². The van der Waals surface area contributed by atoms with Crippen LogP contribution in [0.3, 0.4) is 0 Å². The fourth-order valence-corrected chi connectivity index (χ4v) is 1.79. The van der Waals surface area contributed by atoms with Crippen molar-refractivity contribution in [1.82, 2.24) is 4.72 Å². The highest BCUT2D eigenvalue weighted by Crippen LogP contribution is 2.24. The first-order chi connectivity index (χ1) is 7.22. The van der Waals surface area contributed by atoms with Gasteiger partial charge in [0.1, 0.15) is 0 Å². The zero-order chi connectivity index (χ0) is 12.8. The molecule has 0 rings (SSSR count). The van der Waals surface area contributed by atoms with Crippen LogP contribution in [0.1, 0.15) is 34.1 Å². The van der Waals surface area contributed by atoms with Gasteiger partial charge in [-0.25, -0.2) is 0 Å². The lowest BCUT2D eigenvalue weighted by molar-refractivity contribution is -0.142. The molecule has 0 heterocycles. The van der Waals surface area contributed by atoms with Crippen LogP contribution in [0.15, 0.2) is 0 Å². The summed E-state index contributed by atoms with van der Waals surface area (Å²) in [5, 5.41) is 0. The normalized spacial score (nSPS) is 15.6. The Balaban J connectivity index is 4.38. The molecule has 0 aliphatic rings. The quantitative estimate of drug-likeness (QED) is 0.576. The SMILES string of the molecule is COCC(C)(CC(=O)OC)NSC(C)(C)C. The van der Waals surface area contributed by atoms with Gasteiger partial charge in [0.05, 0.1) is 25.7 Å². The third kappa shape index (κ3) is 7.09. The van der Waals surface area contributed by atoms with E-state index in [4.69, 9.17) is 4.74 Å². The van der Waals surface area contributed by atoms with E-state index >= 15 is 0 Å². The van der Waals surface area contributed by atoms with Crippen molar-refractivity contribution in [3.63, 3.8) is 0 Å². The molecule has 0 bridgehead atoms. The Bertz CT molecular complexity index is 228. The van der Waals surface area contributed by atoms with Gasteiger partial charge >= 0.3 is 5.97 Å². The maximum absolute atomic E-state index is 11.3. The molecule has 0 aromatic heterocycles. The molecule has 0 aliphatic heterocycles. The van der Waals surface area contributed by atoms with Crippen LogP contribution in [0, 0.1) is 0 Å². The lowest BCUT2D eigenvalue weighted by atomic mass is 10.0. The van der Waals surface area contributed by atoms with E-state index in [9.17, 15) is 4.79 Å². The molecule has 0 saturated heterocycles. The third-order valence-corrected chi connectivity index (χ3v) is 3.04. The fourth-order valence-electron chi connectivity index (χ4n) is 1.10. The summed E-state index contributed by atoms with van der Waals surface area (Å²) >= 11 is 1.60. The minimum absolute atomic E-state index is 0.0884. The molecule has 0 aromatic carbocycles. The Hall–Kier alpha value is -0.260. The minimum atomic E-state index is -0.403. The predicted molar refractivity (Wildman–Crippen MR) is 67.4 cm³/mol. The zero-order valence-corrected chi connectivity index (χ0v) is 11.9. The summed E-state index contributed by atoms with van der Waals surface area (Å²) in [4.78, 5) is 11.3. The van der Waals surface area contributed by atoms with Crippen LogP contribution < -0.4 is 4.72 Å². The Morgan fingerprint density at radius 2 is 1.81 bits per heavy atom. The maximum Gasteiger partial charge on any atom is 0.307 e. The average Bonchev–Trinajstić information content (AvgIpc) is 2.14. The number of methoxy groups -OCH3 is 2. The molecule has 0 fully saturated rings. The first-order valence-corrected chi connectivity index (χ1v) is 6.05. The molecule has 0 aromatic rings. The third-order valence-electron chi connectivity index (χ3n) is 1.83. The number of esters is 1. The van der Waals surface area contributed by atoms with Gasteiger partial charge in [-0.3, -0.25) is 9.52 Å². The van der Waals surface area contributed by atoms with Crippen LogP contribution in [0.5, 0.6) is 0 Å². The van der Waals surface area contributed by atoms with E-state index < -0.39 is 5.54 Å². The highest BCUT2D eigenvalue weighted by atomic mass is 32.2. The molecular formula is C11H23NO3S. The smallest absolute Gasteiger partial charge is 0.307 e. The van der Waals surface area contributed by atoms with Gasteiger partial charge in [0, 0.05) is 11.9 Å². The summed E-state index contributed by atoms with van der Waals surface area (Å²) in [6.07, 6.45) is 0.292. The van der Waals surface area contributed by atoms with Gasteiger partial charge in [0.15, 0.2) is 0 Å². The fraction of sp³-hybridized carbons (Fsp3) is 0.909. The van der Waals surface area contributed by atoms with E-state index in [1.165, 1.54) is 7.11 Å². The Labute approximate surface area is 103 Å². The van der Waals surface area contributed by atoms with Crippen molar-refractivity contribution in [1.29, 1.82) is 0 Å². The van der Waals surface area contributed by atoms with Crippen molar-refractivity contribution in [2.45, 2.75) is 44.4 Å². The number of rotatable bonds is 6. The van der Waals surface area contributed by atoms with E-state index in [0.717, 1.165) is 0 Å². The topological polar surface area (TPSA) is 47.6 Å². The molecule has 16 heavy (non-hydrogen) atoms.